The third-order valence-corrected chi connectivity index (χ3v) is 1.44. The summed E-state index contributed by atoms with van der Waals surface area (Å²) in [5, 5.41) is 0. The largest absolute Gasteiger partial charge is 0.365 e. The Bertz CT molecular complexity index is 186. The van der Waals surface area contributed by atoms with Crippen molar-refractivity contribution in [2.75, 3.05) is 0 Å². The van der Waals surface area contributed by atoms with E-state index in [4.69, 9.17) is 5.73 Å². The molecular formula is C4H5ClN2OS. The van der Waals surface area contributed by atoms with E-state index in [1.807, 2.05) is 0 Å². The van der Waals surface area contributed by atoms with Crippen LogP contribution in [-0.2, 0) is 0 Å². The fraction of sp³-hybridized carbons (Fsp3) is 0. The van der Waals surface area contributed by atoms with Gasteiger partial charge in [-0.25, -0.2) is 4.37 Å². The van der Waals surface area contributed by atoms with Gasteiger partial charge in [-0.2, -0.15) is 0 Å². The third-order valence-electron chi connectivity index (χ3n) is 0.681. The molecule has 5 heteroatoms. The molecule has 0 spiro atoms. The zero-order valence-corrected chi connectivity index (χ0v) is 6.04. The number of carbonyl (C=O) groups is 1. The molecule has 0 aliphatic carbocycles. The van der Waals surface area contributed by atoms with Crippen LogP contribution in [0.15, 0.2) is 12.3 Å². The summed E-state index contributed by atoms with van der Waals surface area (Å²) in [5.41, 5.74) is 4.89. The van der Waals surface area contributed by atoms with Gasteiger partial charge in [0.1, 0.15) is 4.88 Å². The molecule has 0 bridgehead atoms. The molecule has 1 rings (SSSR count). The zero-order valence-electron chi connectivity index (χ0n) is 4.40. The number of hydrogen-bond donors (Lipinski definition) is 1. The highest BCUT2D eigenvalue weighted by Crippen LogP contribution is 2.00. The summed E-state index contributed by atoms with van der Waals surface area (Å²) in [6, 6.07) is 1.59. The van der Waals surface area contributed by atoms with Gasteiger partial charge in [0.05, 0.1) is 0 Å². The summed E-state index contributed by atoms with van der Waals surface area (Å²) < 4.78 is 3.68. The number of rotatable bonds is 1. The molecule has 3 nitrogen and oxygen atoms in total. The van der Waals surface area contributed by atoms with E-state index in [0.717, 1.165) is 11.5 Å². The van der Waals surface area contributed by atoms with Crippen LogP contribution in [0.1, 0.15) is 9.67 Å². The summed E-state index contributed by atoms with van der Waals surface area (Å²) in [6.07, 6.45) is 1.55. The number of hydrogen-bond acceptors (Lipinski definition) is 3. The van der Waals surface area contributed by atoms with Gasteiger partial charge in [0.2, 0.25) is 0 Å². The minimum atomic E-state index is -0.410. The summed E-state index contributed by atoms with van der Waals surface area (Å²) in [7, 11) is 0. The van der Waals surface area contributed by atoms with E-state index in [9.17, 15) is 4.79 Å². The fourth-order valence-electron chi connectivity index (χ4n) is 0.343. The van der Waals surface area contributed by atoms with Crippen LogP contribution in [0.2, 0.25) is 0 Å². The molecule has 50 valence electrons. The van der Waals surface area contributed by atoms with Gasteiger partial charge in [-0.15, -0.1) is 12.4 Å². The average Bonchev–Trinajstić information content (AvgIpc) is 2.12. The number of aromatic nitrogens is 1. The van der Waals surface area contributed by atoms with Gasteiger partial charge >= 0.3 is 0 Å². The first-order valence-corrected chi connectivity index (χ1v) is 2.78. The van der Waals surface area contributed by atoms with Gasteiger partial charge < -0.3 is 5.73 Å². The molecule has 0 aromatic carbocycles. The standard InChI is InChI=1S/C4H4N2OS.ClH/c5-4(7)3-1-2-6-8-3;/h1-2H,(H2,5,7);1H. The highest BCUT2D eigenvalue weighted by molar-refractivity contribution is 7.08. The molecule has 1 aromatic heterocycles. The lowest BCUT2D eigenvalue weighted by Gasteiger charge is -1.78. The van der Waals surface area contributed by atoms with E-state index in [0.29, 0.717) is 4.88 Å². The van der Waals surface area contributed by atoms with Crippen molar-refractivity contribution in [3.8, 4) is 0 Å². The molecule has 9 heavy (non-hydrogen) atoms. The van der Waals surface area contributed by atoms with Crippen LogP contribution >= 0.6 is 23.9 Å². The highest BCUT2D eigenvalue weighted by Gasteiger charge is 1.98. The molecule has 0 saturated heterocycles. The highest BCUT2D eigenvalue weighted by atomic mass is 35.5. The second-order valence-corrected chi connectivity index (χ2v) is 2.07. The molecule has 1 aromatic rings. The van der Waals surface area contributed by atoms with E-state index >= 15 is 0 Å². The SMILES string of the molecule is Cl.NC(=O)c1ccns1. The smallest absolute Gasteiger partial charge is 0.260 e. The van der Waals surface area contributed by atoms with Crippen LogP contribution in [0.5, 0.6) is 0 Å². The summed E-state index contributed by atoms with van der Waals surface area (Å²) in [6.45, 7) is 0. The Morgan fingerprint density at radius 2 is 2.44 bits per heavy atom. The summed E-state index contributed by atoms with van der Waals surface area (Å²) >= 11 is 1.11. The monoisotopic (exact) mass is 164 g/mol. The van der Waals surface area contributed by atoms with Crippen molar-refractivity contribution < 1.29 is 4.79 Å². The third kappa shape index (κ3) is 1.99. The molecule has 0 unspecified atom stereocenters. The first kappa shape index (κ1) is 8.39. The second-order valence-electron chi connectivity index (χ2n) is 1.24. The number of carbonyl (C=O) groups excluding carboxylic acids is 1. The Kier molecular flexibility index (Phi) is 3.19. The van der Waals surface area contributed by atoms with E-state index in [2.05, 4.69) is 4.37 Å². The number of halogens is 1. The predicted octanol–water partition coefficient (Wildman–Crippen LogP) is 0.664. The average molecular weight is 165 g/mol. The Morgan fingerprint density at radius 1 is 1.78 bits per heavy atom. The molecule has 0 fully saturated rings. The summed E-state index contributed by atoms with van der Waals surface area (Å²) in [4.78, 5) is 10.8. The van der Waals surface area contributed by atoms with E-state index in [1.165, 1.54) is 0 Å². The maximum atomic E-state index is 10.3. The van der Waals surface area contributed by atoms with Crippen LogP contribution in [0, 0.1) is 0 Å². The lowest BCUT2D eigenvalue weighted by Crippen LogP contribution is -2.07. The molecule has 2 N–H and O–H groups in total. The van der Waals surface area contributed by atoms with Crippen LogP contribution in [0.4, 0.5) is 0 Å². The Morgan fingerprint density at radius 3 is 2.67 bits per heavy atom. The Hall–Kier alpha value is -0.610. The van der Waals surface area contributed by atoms with Gasteiger partial charge in [-0.05, 0) is 17.6 Å². The van der Waals surface area contributed by atoms with Gasteiger partial charge in [0.25, 0.3) is 5.91 Å². The lowest BCUT2D eigenvalue weighted by atomic mass is 10.5. The second kappa shape index (κ2) is 3.42. The topological polar surface area (TPSA) is 56.0 Å². The molecule has 0 aliphatic rings. The number of amides is 1. The van der Waals surface area contributed by atoms with Crippen LogP contribution in [-0.4, -0.2) is 10.3 Å². The van der Waals surface area contributed by atoms with Crippen molar-refractivity contribution in [1.29, 1.82) is 0 Å². The molecule has 0 aliphatic heterocycles. The summed E-state index contributed by atoms with van der Waals surface area (Å²) in [5.74, 6) is -0.410. The molecule has 0 radical (unpaired) electrons. The quantitative estimate of drug-likeness (QED) is 0.663. The van der Waals surface area contributed by atoms with Gasteiger partial charge in [0, 0.05) is 6.20 Å². The zero-order chi connectivity index (χ0) is 5.98. The van der Waals surface area contributed by atoms with Crippen molar-refractivity contribution in [1.82, 2.24) is 4.37 Å². The fourth-order valence-corrected chi connectivity index (χ4v) is 0.790. The normalized spacial score (nSPS) is 8.00. The van der Waals surface area contributed by atoms with Crippen LogP contribution in [0.3, 0.4) is 0 Å². The van der Waals surface area contributed by atoms with Crippen molar-refractivity contribution in [2.45, 2.75) is 0 Å². The van der Waals surface area contributed by atoms with Crippen molar-refractivity contribution in [3.05, 3.63) is 17.1 Å². The van der Waals surface area contributed by atoms with Gasteiger partial charge in [-0.3, -0.25) is 4.79 Å². The lowest BCUT2D eigenvalue weighted by molar-refractivity contribution is 0.100. The van der Waals surface area contributed by atoms with Crippen molar-refractivity contribution in [2.24, 2.45) is 5.73 Å². The molecule has 0 atom stereocenters. The van der Waals surface area contributed by atoms with Gasteiger partial charge in [0.15, 0.2) is 0 Å². The Labute approximate surface area is 62.5 Å². The maximum Gasteiger partial charge on any atom is 0.260 e. The molecule has 0 saturated carbocycles. The molecule has 1 amide bonds. The molecule has 1 heterocycles. The number of nitrogens with two attached hydrogens (primary N) is 1. The van der Waals surface area contributed by atoms with E-state index in [-0.39, 0.29) is 12.4 Å². The minimum Gasteiger partial charge on any atom is -0.365 e. The predicted molar refractivity (Wildman–Crippen MR) is 37.9 cm³/mol. The maximum absolute atomic E-state index is 10.3. The Balaban J connectivity index is 0.000000640. The first-order valence-electron chi connectivity index (χ1n) is 2.01. The number of primary amides is 1. The van der Waals surface area contributed by atoms with Crippen LogP contribution < -0.4 is 5.73 Å². The first-order chi connectivity index (χ1) is 3.80. The number of nitrogens with zero attached hydrogens (tertiary/aromatic N) is 1. The molecular weight excluding hydrogens is 160 g/mol. The van der Waals surface area contributed by atoms with Gasteiger partial charge in [-0.1, -0.05) is 0 Å². The minimum absolute atomic E-state index is 0. The van der Waals surface area contributed by atoms with E-state index < -0.39 is 5.91 Å². The van der Waals surface area contributed by atoms with Crippen LogP contribution in [0.25, 0.3) is 0 Å². The van der Waals surface area contributed by atoms with Crippen molar-refractivity contribution >= 4 is 29.8 Å². The van der Waals surface area contributed by atoms with E-state index in [1.54, 1.807) is 12.3 Å². The van der Waals surface area contributed by atoms with Crippen molar-refractivity contribution in [3.63, 3.8) is 0 Å².